The van der Waals surface area contributed by atoms with Crippen LogP contribution in [0, 0.1) is 0 Å². The molecule has 0 aliphatic carbocycles. The van der Waals surface area contributed by atoms with Gasteiger partial charge in [0.05, 0.1) is 0 Å². The van der Waals surface area contributed by atoms with E-state index in [1.807, 2.05) is 6.20 Å². The molecule has 0 aliphatic rings. The van der Waals surface area contributed by atoms with E-state index in [9.17, 15) is 0 Å². The maximum atomic E-state index is 3.45. The van der Waals surface area contributed by atoms with Crippen LogP contribution in [0.5, 0.6) is 0 Å². The number of fused-ring (bicyclic) bond motifs is 1. The van der Waals surface area contributed by atoms with Gasteiger partial charge in [-0.15, -0.1) is 0 Å². The van der Waals surface area contributed by atoms with E-state index in [4.69, 9.17) is 0 Å². The molecule has 2 rings (SSSR count). The maximum absolute atomic E-state index is 3.45. The summed E-state index contributed by atoms with van der Waals surface area (Å²) >= 11 is 3.45. The zero-order chi connectivity index (χ0) is 9.10. The molecule has 0 amide bonds. The Morgan fingerprint density at radius 2 is 2.15 bits per heavy atom. The summed E-state index contributed by atoms with van der Waals surface area (Å²) in [5, 5.41) is 2.44. The molecule has 1 N–H and O–H groups in total. The lowest BCUT2D eigenvalue weighted by Crippen LogP contribution is -1.86. The van der Waals surface area contributed by atoms with E-state index in [0.29, 0.717) is 0 Å². The summed E-state index contributed by atoms with van der Waals surface area (Å²) in [5.41, 5.74) is 2.69. The van der Waals surface area contributed by atoms with Gasteiger partial charge in [0.2, 0.25) is 0 Å². The number of aryl methyl sites for hydroxylation is 1. The summed E-state index contributed by atoms with van der Waals surface area (Å²) in [6.45, 7) is 0. The summed E-state index contributed by atoms with van der Waals surface area (Å²) in [5.74, 6) is 0. The quantitative estimate of drug-likeness (QED) is 0.787. The van der Waals surface area contributed by atoms with Crippen molar-refractivity contribution in [3.05, 3.63) is 36.0 Å². The van der Waals surface area contributed by atoms with Crippen molar-refractivity contribution in [3.8, 4) is 0 Å². The van der Waals surface area contributed by atoms with Gasteiger partial charge in [-0.2, -0.15) is 0 Å². The Morgan fingerprint density at radius 1 is 1.23 bits per heavy atom. The van der Waals surface area contributed by atoms with Crippen LogP contribution >= 0.6 is 15.9 Å². The number of alkyl halides is 1. The molecule has 0 radical (unpaired) electrons. The normalized spacial score (nSPS) is 10.8. The minimum atomic E-state index is 1.08. The van der Waals surface area contributed by atoms with Crippen LogP contribution in [0.25, 0.3) is 10.9 Å². The van der Waals surface area contributed by atoms with Crippen molar-refractivity contribution in [2.75, 3.05) is 5.33 Å². The molecule has 0 aliphatic heterocycles. The summed E-state index contributed by atoms with van der Waals surface area (Å²) in [7, 11) is 0. The summed E-state index contributed by atoms with van der Waals surface area (Å²) in [6.07, 6.45) is 4.35. The van der Waals surface area contributed by atoms with Crippen molar-refractivity contribution in [3.63, 3.8) is 0 Å². The molecule has 0 saturated carbocycles. The fourth-order valence-electron chi connectivity index (χ4n) is 1.63. The Bertz CT molecular complexity index is 392. The number of aromatic nitrogens is 1. The highest BCUT2D eigenvalue weighted by Gasteiger charge is 1.99. The Balaban J connectivity index is 2.37. The molecule has 1 nitrogen and oxygen atoms in total. The first-order valence-corrected chi connectivity index (χ1v) is 5.65. The molecule has 0 fully saturated rings. The number of benzene rings is 1. The van der Waals surface area contributed by atoms with Gasteiger partial charge in [0.15, 0.2) is 0 Å². The van der Waals surface area contributed by atoms with Gasteiger partial charge in [0.1, 0.15) is 0 Å². The molecule has 13 heavy (non-hydrogen) atoms. The predicted molar refractivity (Wildman–Crippen MR) is 60.4 cm³/mol. The molecule has 2 aromatic rings. The average molecular weight is 238 g/mol. The van der Waals surface area contributed by atoms with Gasteiger partial charge in [0.25, 0.3) is 0 Å². The van der Waals surface area contributed by atoms with Crippen molar-refractivity contribution >= 4 is 26.8 Å². The molecule has 2 heteroatoms. The van der Waals surface area contributed by atoms with Crippen molar-refractivity contribution in [1.29, 1.82) is 0 Å². The van der Waals surface area contributed by atoms with Crippen LogP contribution < -0.4 is 0 Å². The number of H-pyrrole nitrogens is 1. The first-order chi connectivity index (χ1) is 6.42. The Morgan fingerprint density at radius 3 is 3.00 bits per heavy atom. The Hall–Kier alpha value is -0.760. The maximum Gasteiger partial charge on any atom is 0.0456 e. The lowest BCUT2D eigenvalue weighted by Gasteiger charge is -2.00. The van der Waals surface area contributed by atoms with E-state index in [2.05, 4.69) is 45.2 Å². The molecule has 1 aromatic carbocycles. The lowest BCUT2D eigenvalue weighted by atomic mass is 10.1. The van der Waals surface area contributed by atoms with Gasteiger partial charge in [-0.1, -0.05) is 28.1 Å². The van der Waals surface area contributed by atoms with Crippen LogP contribution in [-0.4, -0.2) is 10.3 Å². The molecule has 0 saturated heterocycles. The van der Waals surface area contributed by atoms with Crippen LogP contribution in [0.3, 0.4) is 0 Å². The van der Waals surface area contributed by atoms with Gasteiger partial charge < -0.3 is 4.98 Å². The van der Waals surface area contributed by atoms with Crippen molar-refractivity contribution in [2.45, 2.75) is 12.8 Å². The number of hydrogen-bond acceptors (Lipinski definition) is 0. The van der Waals surface area contributed by atoms with Crippen LogP contribution in [0.1, 0.15) is 12.0 Å². The number of halogens is 1. The highest BCUT2D eigenvalue weighted by Crippen LogP contribution is 2.18. The zero-order valence-corrected chi connectivity index (χ0v) is 8.97. The van der Waals surface area contributed by atoms with Crippen LogP contribution in [0.4, 0.5) is 0 Å². The molecule has 68 valence electrons. The third-order valence-electron chi connectivity index (χ3n) is 2.27. The first-order valence-electron chi connectivity index (χ1n) is 4.53. The van der Waals surface area contributed by atoms with Crippen molar-refractivity contribution < 1.29 is 0 Å². The third kappa shape index (κ3) is 1.78. The fourth-order valence-corrected chi connectivity index (χ4v) is 1.91. The molecule has 1 heterocycles. The van der Waals surface area contributed by atoms with Crippen molar-refractivity contribution in [1.82, 2.24) is 4.98 Å². The number of aromatic amines is 1. The summed E-state index contributed by atoms with van der Waals surface area (Å²) < 4.78 is 0. The molecular weight excluding hydrogens is 226 g/mol. The second kappa shape index (κ2) is 3.97. The minimum absolute atomic E-state index is 1.08. The standard InChI is InChI=1S/C11H12BrN/c12-7-2-4-9-3-1-5-11-10(9)6-8-13-11/h1,3,5-6,8,13H,2,4,7H2. The van der Waals surface area contributed by atoms with Crippen LogP contribution in [0.2, 0.25) is 0 Å². The van der Waals surface area contributed by atoms with E-state index in [1.54, 1.807) is 0 Å². The fraction of sp³-hybridized carbons (Fsp3) is 0.273. The van der Waals surface area contributed by atoms with Gasteiger partial charge in [-0.3, -0.25) is 0 Å². The second-order valence-corrected chi connectivity index (χ2v) is 3.94. The van der Waals surface area contributed by atoms with E-state index < -0.39 is 0 Å². The highest BCUT2D eigenvalue weighted by molar-refractivity contribution is 9.09. The first kappa shape index (κ1) is 8.82. The topological polar surface area (TPSA) is 15.8 Å². The van der Waals surface area contributed by atoms with E-state index in [-0.39, 0.29) is 0 Å². The van der Waals surface area contributed by atoms with Gasteiger partial charge in [0, 0.05) is 22.4 Å². The number of rotatable bonds is 3. The molecule has 0 bridgehead atoms. The second-order valence-electron chi connectivity index (χ2n) is 3.15. The van der Waals surface area contributed by atoms with E-state index in [1.165, 1.54) is 22.9 Å². The molecule has 0 unspecified atom stereocenters. The van der Waals surface area contributed by atoms with Crippen LogP contribution in [-0.2, 0) is 6.42 Å². The molecule has 0 atom stereocenters. The Labute approximate surface area is 86.3 Å². The molecule has 0 spiro atoms. The summed E-state index contributed by atoms with van der Waals surface area (Å²) in [6, 6.07) is 8.59. The van der Waals surface area contributed by atoms with E-state index in [0.717, 1.165) is 11.8 Å². The number of nitrogens with one attached hydrogen (secondary N) is 1. The monoisotopic (exact) mass is 237 g/mol. The van der Waals surface area contributed by atoms with Crippen molar-refractivity contribution in [2.24, 2.45) is 0 Å². The summed E-state index contributed by atoms with van der Waals surface area (Å²) in [4.78, 5) is 3.22. The lowest BCUT2D eigenvalue weighted by molar-refractivity contribution is 0.948. The van der Waals surface area contributed by atoms with Gasteiger partial charge in [-0.25, -0.2) is 0 Å². The molecular formula is C11H12BrN. The molecule has 1 aromatic heterocycles. The number of hydrogen-bond donors (Lipinski definition) is 1. The SMILES string of the molecule is BrCCCc1cccc2[nH]ccc12. The smallest absolute Gasteiger partial charge is 0.0456 e. The average Bonchev–Trinajstić information content (AvgIpc) is 2.62. The van der Waals surface area contributed by atoms with Gasteiger partial charge in [-0.05, 0) is 30.5 Å². The largest absolute Gasteiger partial charge is 0.361 e. The van der Waals surface area contributed by atoms with Gasteiger partial charge >= 0.3 is 0 Å². The minimum Gasteiger partial charge on any atom is -0.361 e. The Kier molecular flexibility index (Phi) is 2.69. The van der Waals surface area contributed by atoms with Crippen LogP contribution in [0.15, 0.2) is 30.5 Å². The predicted octanol–water partition coefficient (Wildman–Crippen LogP) is 3.50. The third-order valence-corrected chi connectivity index (χ3v) is 2.83. The van der Waals surface area contributed by atoms with E-state index >= 15 is 0 Å². The zero-order valence-electron chi connectivity index (χ0n) is 7.39. The highest BCUT2D eigenvalue weighted by atomic mass is 79.9.